The fourth-order valence-corrected chi connectivity index (χ4v) is 4.80. The molecule has 10 heteroatoms. The van der Waals surface area contributed by atoms with Crippen LogP contribution in [-0.2, 0) is 32.0 Å². The van der Waals surface area contributed by atoms with Gasteiger partial charge in [-0.2, -0.15) is 0 Å². The van der Waals surface area contributed by atoms with Crippen LogP contribution in [0.1, 0.15) is 21.5 Å². The Morgan fingerprint density at radius 3 is 2.35 bits per heavy atom. The van der Waals surface area contributed by atoms with Crippen molar-refractivity contribution < 1.29 is 28.6 Å². The first-order valence-corrected chi connectivity index (χ1v) is 12.2. The van der Waals surface area contributed by atoms with E-state index < -0.39 is 17.9 Å². The van der Waals surface area contributed by atoms with Gasteiger partial charge in [0.05, 0.1) is 31.0 Å². The van der Waals surface area contributed by atoms with Crippen molar-refractivity contribution in [3.63, 3.8) is 0 Å². The van der Waals surface area contributed by atoms with Crippen LogP contribution in [-0.4, -0.2) is 48.1 Å². The number of carbonyl (C=O) groups excluding carboxylic acids is 3. The van der Waals surface area contributed by atoms with E-state index in [-0.39, 0.29) is 23.7 Å². The van der Waals surface area contributed by atoms with E-state index in [9.17, 15) is 19.2 Å². The summed E-state index contributed by atoms with van der Waals surface area (Å²) in [7, 11) is 2.44. The molecule has 0 unspecified atom stereocenters. The van der Waals surface area contributed by atoms with Gasteiger partial charge >= 0.3 is 16.8 Å². The van der Waals surface area contributed by atoms with Crippen molar-refractivity contribution in [2.75, 3.05) is 20.8 Å². The van der Waals surface area contributed by atoms with E-state index >= 15 is 0 Å². The van der Waals surface area contributed by atoms with E-state index in [1.807, 2.05) is 0 Å². The standard InChI is InChI=1S/C27H24N2O7S/c1-34-25(31)21(26(32)35-2)14-17-5-8-20(9-6-17)36-13-12-29-22-10-7-18(15-23(22)37-27(29)33)24(30)19-4-3-11-28-16-19/h3-11,15-16,21H,12-14H2,1-2H3. The Hall–Kier alpha value is -4.31. The van der Waals surface area contributed by atoms with Crippen molar-refractivity contribution in [3.05, 3.63) is 93.3 Å². The molecule has 0 spiro atoms. The first kappa shape index (κ1) is 25.8. The quantitative estimate of drug-likeness (QED) is 0.178. The highest BCUT2D eigenvalue weighted by atomic mass is 32.1. The number of fused-ring (bicyclic) bond motifs is 1. The Balaban J connectivity index is 1.40. The van der Waals surface area contributed by atoms with E-state index in [1.165, 1.54) is 20.4 Å². The zero-order valence-corrected chi connectivity index (χ0v) is 21.0. The number of benzene rings is 2. The number of ketones is 1. The lowest BCUT2D eigenvalue weighted by Crippen LogP contribution is -2.28. The number of nitrogens with zero attached hydrogens (tertiary/aromatic N) is 2. The first-order valence-electron chi connectivity index (χ1n) is 11.4. The Morgan fingerprint density at radius 1 is 0.973 bits per heavy atom. The second-order valence-electron chi connectivity index (χ2n) is 8.07. The van der Waals surface area contributed by atoms with Crippen molar-refractivity contribution in [3.8, 4) is 5.75 Å². The van der Waals surface area contributed by atoms with Crippen molar-refractivity contribution in [1.29, 1.82) is 0 Å². The van der Waals surface area contributed by atoms with Gasteiger partial charge in [0.15, 0.2) is 11.7 Å². The third-order valence-corrected chi connectivity index (χ3v) is 6.71. The lowest BCUT2D eigenvalue weighted by Gasteiger charge is -2.13. The number of carbonyl (C=O) groups is 3. The average molecular weight is 521 g/mol. The molecular weight excluding hydrogens is 496 g/mol. The Morgan fingerprint density at radius 2 is 1.70 bits per heavy atom. The first-order chi connectivity index (χ1) is 17.9. The molecule has 0 aliphatic carbocycles. The van der Waals surface area contributed by atoms with E-state index in [1.54, 1.807) is 65.4 Å². The van der Waals surface area contributed by atoms with Gasteiger partial charge in [0.25, 0.3) is 0 Å². The number of methoxy groups -OCH3 is 2. The largest absolute Gasteiger partial charge is 0.492 e. The van der Waals surface area contributed by atoms with Crippen molar-refractivity contribution in [1.82, 2.24) is 9.55 Å². The number of hydrogen-bond acceptors (Lipinski definition) is 9. The molecule has 0 saturated heterocycles. The molecule has 0 aliphatic heterocycles. The number of thiazole rings is 1. The van der Waals surface area contributed by atoms with Gasteiger partial charge in [-0.25, -0.2) is 0 Å². The maximum Gasteiger partial charge on any atom is 0.320 e. The van der Waals surface area contributed by atoms with Gasteiger partial charge in [0, 0.05) is 23.5 Å². The maximum absolute atomic E-state index is 12.7. The molecule has 0 saturated carbocycles. The Bertz CT molecular complexity index is 1460. The SMILES string of the molecule is COC(=O)C(Cc1ccc(OCCn2c(=O)sc3cc(C(=O)c4cccnc4)ccc32)cc1)C(=O)OC. The summed E-state index contributed by atoms with van der Waals surface area (Å²) in [5.74, 6) is -1.93. The Labute approximate surface area is 216 Å². The number of hydrogen-bond donors (Lipinski definition) is 0. The van der Waals surface area contributed by atoms with Gasteiger partial charge < -0.3 is 14.2 Å². The lowest BCUT2D eigenvalue weighted by atomic mass is 9.99. The smallest absolute Gasteiger partial charge is 0.320 e. The topological polar surface area (TPSA) is 114 Å². The van der Waals surface area contributed by atoms with Crippen LogP contribution in [0.3, 0.4) is 0 Å². The third kappa shape index (κ3) is 5.92. The summed E-state index contributed by atoms with van der Waals surface area (Å²) in [4.78, 5) is 52.9. The monoisotopic (exact) mass is 520 g/mol. The molecular formula is C27H24N2O7S. The number of esters is 2. The third-order valence-electron chi connectivity index (χ3n) is 5.77. The van der Waals surface area contributed by atoms with Gasteiger partial charge in [-0.05, 0) is 54.4 Å². The molecule has 4 rings (SSSR count). The number of rotatable bonds is 10. The predicted molar refractivity (Wildman–Crippen MR) is 137 cm³/mol. The zero-order valence-electron chi connectivity index (χ0n) is 20.2. The molecule has 0 bridgehead atoms. The molecule has 0 fully saturated rings. The molecule has 0 amide bonds. The van der Waals surface area contributed by atoms with Gasteiger partial charge in [0.2, 0.25) is 0 Å². The van der Waals surface area contributed by atoms with Crippen LogP contribution in [0.15, 0.2) is 71.8 Å². The Kier molecular flexibility index (Phi) is 8.09. The van der Waals surface area contributed by atoms with E-state index in [2.05, 4.69) is 14.5 Å². The van der Waals surface area contributed by atoms with E-state index in [0.29, 0.717) is 23.4 Å². The highest BCUT2D eigenvalue weighted by Gasteiger charge is 2.28. The van der Waals surface area contributed by atoms with Crippen LogP contribution >= 0.6 is 11.3 Å². The van der Waals surface area contributed by atoms with E-state index in [4.69, 9.17) is 4.74 Å². The molecule has 4 aromatic rings. The summed E-state index contributed by atoms with van der Waals surface area (Å²) in [6.07, 6.45) is 3.26. The van der Waals surface area contributed by atoms with Crippen LogP contribution in [0.4, 0.5) is 0 Å². The number of pyridine rings is 1. The minimum atomic E-state index is -1.04. The molecule has 37 heavy (non-hydrogen) atoms. The van der Waals surface area contributed by atoms with Gasteiger partial charge in [0.1, 0.15) is 12.4 Å². The molecule has 0 N–H and O–H groups in total. The average Bonchev–Trinajstić information content (AvgIpc) is 3.25. The van der Waals surface area contributed by atoms with Gasteiger partial charge in [-0.3, -0.25) is 28.7 Å². The summed E-state index contributed by atoms with van der Waals surface area (Å²) < 4.78 is 17.5. The highest BCUT2D eigenvalue weighted by molar-refractivity contribution is 7.16. The maximum atomic E-state index is 12.7. The molecule has 0 atom stereocenters. The molecule has 9 nitrogen and oxygen atoms in total. The fourth-order valence-electron chi connectivity index (χ4n) is 3.84. The molecule has 2 heterocycles. The molecule has 0 aliphatic rings. The lowest BCUT2D eigenvalue weighted by molar-refractivity contribution is -0.158. The summed E-state index contributed by atoms with van der Waals surface area (Å²) in [5, 5.41) is 0. The number of ether oxygens (including phenoxy) is 3. The normalized spacial score (nSPS) is 10.9. The van der Waals surface area contributed by atoms with Crippen molar-refractivity contribution in [2.45, 2.75) is 13.0 Å². The predicted octanol–water partition coefficient (Wildman–Crippen LogP) is 3.27. The van der Waals surface area contributed by atoms with Gasteiger partial charge in [-0.15, -0.1) is 0 Å². The van der Waals surface area contributed by atoms with Crippen molar-refractivity contribution in [2.24, 2.45) is 5.92 Å². The summed E-state index contributed by atoms with van der Waals surface area (Å²) in [5.41, 5.74) is 2.45. The molecule has 2 aromatic carbocycles. The minimum absolute atomic E-state index is 0.140. The summed E-state index contributed by atoms with van der Waals surface area (Å²) >= 11 is 1.08. The van der Waals surface area contributed by atoms with Crippen LogP contribution in [0.5, 0.6) is 5.75 Å². The zero-order chi connectivity index (χ0) is 26.4. The van der Waals surface area contributed by atoms with Crippen LogP contribution in [0.25, 0.3) is 10.2 Å². The van der Waals surface area contributed by atoms with Crippen LogP contribution in [0.2, 0.25) is 0 Å². The van der Waals surface area contributed by atoms with Crippen LogP contribution < -0.4 is 9.61 Å². The van der Waals surface area contributed by atoms with Crippen LogP contribution in [0, 0.1) is 5.92 Å². The summed E-state index contributed by atoms with van der Waals surface area (Å²) in [6.45, 7) is 0.567. The fraction of sp³-hybridized carbons (Fsp3) is 0.222. The minimum Gasteiger partial charge on any atom is -0.492 e. The highest BCUT2D eigenvalue weighted by Crippen LogP contribution is 2.22. The number of aromatic nitrogens is 2. The van der Waals surface area contributed by atoms with Gasteiger partial charge in [-0.1, -0.05) is 23.5 Å². The molecule has 2 aromatic heterocycles. The molecule has 190 valence electrons. The second-order valence-corrected chi connectivity index (χ2v) is 9.06. The molecule has 0 radical (unpaired) electrons. The van der Waals surface area contributed by atoms with E-state index in [0.717, 1.165) is 27.1 Å². The van der Waals surface area contributed by atoms with Crippen molar-refractivity contribution >= 4 is 39.3 Å². The second kappa shape index (κ2) is 11.6. The summed E-state index contributed by atoms with van der Waals surface area (Å²) in [6, 6.07) is 15.6.